The maximum atomic E-state index is 13.5. The molecule has 1 aliphatic rings. The molecule has 0 unspecified atom stereocenters. The lowest BCUT2D eigenvalue weighted by atomic mass is 10.0. The summed E-state index contributed by atoms with van der Waals surface area (Å²) < 4.78 is 1.53. The lowest BCUT2D eigenvalue weighted by Gasteiger charge is -2.22. The van der Waals surface area contributed by atoms with Crippen LogP contribution in [0.1, 0.15) is 16.7 Å². The van der Waals surface area contributed by atoms with Crippen LogP contribution in [-0.2, 0) is 7.05 Å². The van der Waals surface area contributed by atoms with Crippen LogP contribution in [0.15, 0.2) is 77.7 Å². The number of amides is 2. The lowest BCUT2D eigenvalue weighted by molar-refractivity contribution is 0.256. The monoisotopic (exact) mass is 479 g/mol. The molecular formula is C29H29N5O2. The minimum Gasteiger partial charge on any atom is -0.336 e. The Bertz CT molecular complexity index is 1490. The third-order valence-corrected chi connectivity index (χ3v) is 6.51. The van der Waals surface area contributed by atoms with Crippen molar-refractivity contribution in [3.8, 4) is 11.3 Å². The Balaban J connectivity index is 1.49. The van der Waals surface area contributed by atoms with Crippen LogP contribution in [-0.4, -0.2) is 28.7 Å². The third kappa shape index (κ3) is 4.35. The van der Waals surface area contributed by atoms with Gasteiger partial charge in [-0.2, -0.15) is 0 Å². The largest absolute Gasteiger partial charge is 0.336 e. The Kier molecular flexibility index (Phi) is 6.06. The first-order valence-corrected chi connectivity index (χ1v) is 12.0. The number of carbonyl (C=O) groups excluding carboxylic acids is 1. The van der Waals surface area contributed by atoms with E-state index in [4.69, 9.17) is 0 Å². The summed E-state index contributed by atoms with van der Waals surface area (Å²) in [5.41, 5.74) is 7.08. The zero-order chi connectivity index (χ0) is 25.4. The molecule has 0 saturated carbocycles. The molecule has 0 atom stereocenters. The fraction of sp³-hybridized carbons (Fsp3) is 0.207. The molecule has 2 amide bonds. The molecule has 1 aromatic heterocycles. The van der Waals surface area contributed by atoms with Gasteiger partial charge in [-0.1, -0.05) is 36.4 Å². The molecule has 36 heavy (non-hydrogen) atoms. The van der Waals surface area contributed by atoms with E-state index in [9.17, 15) is 9.59 Å². The van der Waals surface area contributed by atoms with Crippen molar-refractivity contribution in [2.24, 2.45) is 7.05 Å². The van der Waals surface area contributed by atoms with Gasteiger partial charge in [0.15, 0.2) is 5.82 Å². The molecular weight excluding hydrogens is 450 g/mol. The number of hydrogen-bond acceptors (Lipinski definition) is 4. The van der Waals surface area contributed by atoms with E-state index in [2.05, 4.69) is 16.4 Å². The van der Waals surface area contributed by atoms with Crippen molar-refractivity contribution in [3.63, 3.8) is 0 Å². The molecule has 7 heteroatoms. The second kappa shape index (κ2) is 9.34. The summed E-state index contributed by atoms with van der Waals surface area (Å²) in [7, 11) is 1.72. The van der Waals surface area contributed by atoms with Gasteiger partial charge in [-0.05, 0) is 67.8 Å². The van der Waals surface area contributed by atoms with E-state index < -0.39 is 0 Å². The number of carbonyl (C=O) groups is 1. The van der Waals surface area contributed by atoms with E-state index >= 15 is 0 Å². The van der Waals surface area contributed by atoms with Crippen LogP contribution >= 0.6 is 0 Å². The Morgan fingerprint density at radius 2 is 1.53 bits per heavy atom. The summed E-state index contributed by atoms with van der Waals surface area (Å²) in [6, 6.07) is 21.5. The number of nitrogens with one attached hydrogen (secondary N) is 1. The molecule has 1 N–H and O–H groups in total. The Labute approximate surface area is 210 Å². The van der Waals surface area contributed by atoms with Crippen molar-refractivity contribution in [1.29, 1.82) is 0 Å². The number of anilines is 4. The van der Waals surface area contributed by atoms with Crippen LogP contribution in [0.2, 0.25) is 0 Å². The van der Waals surface area contributed by atoms with Crippen molar-refractivity contribution in [1.82, 2.24) is 9.55 Å². The van der Waals surface area contributed by atoms with Crippen molar-refractivity contribution in [2.45, 2.75) is 20.8 Å². The summed E-state index contributed by atoms with van der Waals surface area (Å²) in [6.07, 6.45) is 1.73. The smallest absolute Gasteiger partial charge is 0.329 e. The molecule has 0 bridgehead atoms. The highest BCUT2D eigenvalue weighted by Crippen LogP contribution is 2.33. The minimum absolute atomic E-state index is 0.0416. The summed E-state index contributed by atoms with van der Waals surface area (Å²) >= 11 is 0. The maximum Gasteiger partial charge on any atom is 0.329 e. The number of para-hydroxylation sites is 1. The zero-order valence-electron chi connectivity index (χ0n) is 20.9. The van der Waals surface area contributed by atoms with Crippen molar-refractivity contribution in [2.75, 3.05) is 28.2 Å². The SMILES string of the molecule is Cc1cc(C)cc(N2CCN(c3cccc(-c4cn(C)c(=O)c(Nc5ccccc5)n4)c3C)C2=O)c1. The van der Waals surface area contributed by atoms with E-state index in [1.807, 2.05) is 91.2 Å². The molecule has 0 spiro atoms. The van der Waals surface area contributed by atoms with Crippen molar-refractivity contribution < 1.29 is 4.79 Å². The molecule has 0 aliphatic carbocycles. The van der Waals surface area contributed by atoms with Gasteiger partial charge in [0.1, 0.15) is 0 Å². The molecule has 1 fully saturated rings. The third-order valence-electron chi connectivity index (χ3n) is 6.51. The lowest BCUT2D eigenvalue weighted by Crippen LogP contribution is -2.32. The van der Waals surface area contributed by atoms with E-state index in [-0.39, 0.29) is 17.4 Å². The Morgan fingerprint density at radius 1 is 0.833 bits per heavy atom. The van der Waals surface area contributed by atoms with Gasteiger partial charge in [-0.25, -0.2) is 9.78 Å². The average molecular weight is 480 g/mol. The summed E-state index contributed by atoms with van der Waals surface area (Å²) in [5.74, 6) is 0.254. The van der Waals surface area contributed by atoms with Crippen molar-refractivity contribution >= 4 is 28.9 Å². The highest BCUT2D eigenvalue weighted by Gasteiger charge is 2.32. The van der Waals surface area contributed by atoms with E-state index in [1.165, 1.54) is 4.57 Å². The summed E-state index contributed by atoms with van der Waals surface area (Å²) in [4.78, 5) is 34.5. The van der Waals surface area contributed by atoms with Gasteiger partial charge in [0.2, 0.25) is 0 Å². The maximum absolute atomic E-state index is 13.5. The molecule has 7 nitrogen and oxygen atoms in total. The molecule has 4 aromatic rings. The van der Waals surface area contributed by atoms with Crippen molar-refractivity contribution in [3.05, 3.63) is 100.0 Å². The Hall–Kier alpha value is -4.39. The normalized spacial score (nSPS) is 13.4. The van der Waals surface area contributed by atoms with Crippen LogP contribution in [0.3, 0.4) is 0 Å². The van der Waals surface area contributed by atoms with Gasteiger partial charge in [-0.15, -0.1) is 0 Å². The predicted molar refractivity (Wildman–Crippen MR) is 145 cm³/mol. The first-order chi connectivity index (χ1) is 17.3. The number of urea groups is 1. The number of hydrogen-bond donors (Lipinski definition) is 1. The van der Waals surface area contributed by atoms with Crippen LogP contribution in [0.5, 0.6) is 0 Å². The highest BCUT2D eigenvalue weighted by atomic mass is 16.2. The van der Waals surface area contributed by atoms with Gasteiger partial charge >= 0.3 is 6.03 Å². The van der Waals surface area contributed by atoms with E-state index in [1.54, 1.807) is 13.2 Å². The van der Waals surface area contributed by atoms with Crippen LogP contribution in [0.4, 0.5) is 27.7 Å². The first kappa shape index (κ1) is 23.4. The van der Waals surface area contributed by atoms with Gasteiger partial charge in [0.25, 0.3) is 5.56 Å². The molecule has 3 aromatic carbocycles. The number of benzene rings is 3. The summed E-state index contributed by atoms with van der Waals surface area (Å²) in [5, 5.41) is 3.14. The van der Waals surface area contributed by atoms with Gasteiger partial charge in [-0.3, -0.25) is 14.6 Å². The molecule has 0 radical (unpaired) electrons. The van der Waals surface area contributed by atoms with Gasteiger partial charge in [0, 0.05) is 49.0 Å². The fourth-order valence-corrected chi connectivity index (χ4v) is 4.78. The van der Waals surface area contributed by atoms with E-state index in [0.29, 0.717) is 18.8 Å². The van der Waals surface area contributed by atoms with Crippen LogP contribution in [0.25, 0.3) is 11.3 Å². The quantitative estimate of drug-likeness (QED) is 0.407. The Morgan fingerprint density at radius 3 is 2.25 bits per heavy atom. The number of aryl methyl sites for hydroxylation is 3. The molecule has 182 valence electrons. The molecule has 2 heterocycles. The number of rotatable bonds is 5. The van der Waals surface area contributed by atoms with Crippen LogP contribution in [0, 0.1) is 20.8 Å². The topological polar surface area (TPSA) is 70.5 Å². The summed E-state index contributed by atoms with van der Waals surface area (Å²) in [6.45, 7) is 7.30. The van der Waals surface area contributed by atoms with Crippen LogP contribution < -0.4 is 20.7 Å². The zero-order valence-corrected chi connectivity index (χ0v) is 20.9. The standard InChI is InChI=1S/C29H29N5O2/c1-19-15-20(2)17-23(16-19)33-13-14-34(29(33)36)26-12-8-11-24(21(26)3)25-18-32(4)28(35)27(31-25)30-22-9-6-5-7-10-22/h5-12,15-18H,13-14H2,1-4H3,(H,30,31). The highest BCUT2D eigenvalue weighted by molar-refractivity contribution is 6.07. The average Bonchev–Trinajstić information content (AvgIpc) is 3.23. The first-order valence-electron chi connectivity index (χ1n) is 12.0. The minimum atomic E-state index is -0.213. The predicted octanol–water partition coefficient (Wildman–Crippen LogP) is 5.56. The molecule has 1 saturated heterocycles. The molecule has 1 aliphatic heterocycles. The second-order valence-electron chi connectivity index (χ2n) is 9.26. The van der Waals surface area contributed by atoms with E-state index in [0.717, 1.165) is 39.3 Å². The van der Waals surface area contributed by atoms with Gasteiger partial charge < -0.3 is 9.88 Å². The number of aromatic nitrogens is 2. The molecule has 5 rings (SSSR count). The second-order valence-corrected chi connectivity index (χ2v) is 9.26. The van der Waals surface area contributed by atoms with Gasteiger partial charge in [0.05, 0.1) is 5.69 Å². The number of nitrogens with zero attached hydrogens (tertiary/aromatic N) is 4. The fourth-order valence-electron chi connectivity index (χ4n) is 4.78.